The lowest BCUT2D eigenvalue weighted by Gasteiger charge is -2.36. The van der Waals surface area contributed by atoms with E-state index in [0.717, 1.165) is 23.4 Å². The molecule has 0 spiro atoms. The van der Waals surface area contributed by atoms with Gasteiger partial charge < -0.3 is 20.9 Å². The van der Waals surface area contributed by atoms with Crippen LogP contribution in [0.15, 0.2) is 43.1 Å². The number of nitrogen functional groups attached to an aromatic ring is 1. The first-order valence-corrected chi connectivity index (χ1v) is 10.7. The number of pyridine rings is 1. The number of aromatic nitrogens is 5. The van der Waals surface area contributed by atoms with Gasteiger partial charge in [0.15, 0.2) is 23.1 Å². The fourth-order valence-electron chi connectivity index (χ4n) is 4.27. The Morgan fingerprint density at radius 3 is 2.74 bits per heavy atom. The Kier molecular flexibility index (Phi) is 5.51. The highest BCUT2D eigenvalue weighted by Gasteiger charge is 2.28. The second-order valence-electron chi connectivity index (χ2n) is 8.26. The van der Waals surface area contributed by atoms with E-state index in [9.17, 15) is 14.0 Å². The molecule has 1 fully saturated rings. The summed E-state index contributed by atoms with van der Waals surface area (Å²) >= 11 is 0. The largest absolute Gasteiger partial charge is 0.382 e. The van der Waals surface area contributed by atoms with Gasteiger partial charge in [0.25, 0.3) is 0 Å². The number of nitriles is 1. The van der Waals surface area contributed by atoms with Crippen molar-refractivity contribution in [3.63, 3.8) is 0 Å². The number of hydrogen-bond donors (Lipinski definition) is 2. The lowest BCUT2D eigenvalue weighted by molar-refractivity contribution is 0.422. The summed E-state index contributed by atoms with van der Waals surface area (Å²) in [4.78, 5) is 19.2. The summed E-state index contributed by atoms with van der Waals surface area (Å²) in [7, 11) is 0. The van der Waals surface area contributed by atoms with E-state index in [1.165, 1.54) is 12.4 Å². The molecular weight excluding hydrogens is 440 g/mol. The topological polar surface area (TPSA) is 136 Å². The van der Waals surface area contributed by atoms with Crippen LogP contribution in [0.2, 0.25) is 0 Å². The predicted molar refractivity (Wildman–Crippen MR) is 122 cm³/mol. The Balaban J connectivity index is 1.57. The van der Waals surface area contributed by atoms with Crippen LogP contribution in [0.1, 0.15) is 12.0 Å². The van der Waals surface area contributed by atoms with Crippen molar-refractivity contribution in [2.45, 2.75) is 19.0 Å². The van der Waals surface area contributed by atoms with Gasteiger partial charge in [0.1, 0.15) is 11.8 Å². The Morgan fingerprint density at radius 2 is 1.97 bits per heavy atom. The molecule has 1 aromatic carbocycles. The normalized spacial score (nSPS) is 18.2. The van der Waals surface area contributed by atoms with Gasteiger partial charge in [0.2, 0.25) is 0 Å². The summed E-state index contributed by atoms with van der Waals surface area (Å²) < 4.78 is 29.2. The summed E-state index contributed by atoms with van der Waals surface area (Å²) in [5.41, 5.74) is 15.9. The first kappa shape index (κ1) is 21.7. The van der Waals surface area contributed by atoms with Crippen molar-refractivity contribution >= 4 is 22.7 Å². The quantitative estimate of drug-likeness (QED) is 0.473. The minimum Gasteiger partial charge on any atom is -0.382 e. The molecule has 34 heavy (non-hydrogen) atoms. The van der Waals surface area contributed by atoms with Gasteiger partial charge in [-0.25, -0.2) is 23.7 Å². The number of benzene rings is 1. The van der Waals surface area contributed by atoms with Crippen LogP contribution in [0.3, 0.4) is 0 Å². The van der Waals surface area contributed by atoms with Gasteiger partial charge in [-0.05, 0) is 36.2 Å². The smallest absolute Gasteiger partial charge is 0.165 e. The van der Waals surface area contributed by atoms with Crippen LogP contribution >= 0.6 is 0 Å². The van der Waals surface area contributed by atoms with E-state index >= 15 is 0 Å². The first-order valence-electron chi connectivity index (χ1n) is 10.7. The maximum Gasteiger partial charge on any atom is 0.165 e. The summed E-state index contributed by atoms with van der Waals surface area (Å²) in [6, 6.07) is 7.50. The molecule has 1 saturated heterocycles. The first-order chi connectivity index (χ1) is 16.4. The minimum absolute atomic E-state index is 0.202. The van der Waals surface area contributed by atoms with Gasteiger partial charge >= 0.3 is 0 Å². The maximum atomic E-state index is 13.9. The second kappa shape index (κ2) is 8.64. The van der Waals surface area contributed by atoms with Crippen molar-refractivity contribution in [2.24, 2.45) is 11.7 Å². The van der Waals surface area contributed by atoms with Crippen molar-refractivity contribution in [1.82, 2.24) is 24.5 Å². The molecule has 0 aliphatic carbocycles. The number of halogens is 2. The van der Waals surface area contributed by atoms with Crippen molar-refractivity contribution in [3.05, 3.63) is 60.3 Å². The van der Waals surface area contributed by atoms with Crippen molar-refractivity contribution in [1.29, 1.82) is 5.26 Å². The Hall–Kier alpha value is -4.17. The summed E-state index contributed by atoms with van der Waals surface area (Å²) in [5.74, 6) is -1.78. The maximum absolute atomic E-state index is 13.9. The number of nitrogens with two attached hydrogens (primary N) is 2. The molecule has 2 atom stereocenters. The van der Waals surface area contributed by atoms with Gasteiger partial charge in [-0.1, -0.05) is 0 Å². The zero-order chi connectivity index (χ0) is 23.8. The van der Waals surface area contributed by atoms with Crippen molar-refractivity contribution in [3.8, 4) is 17.3 Å². The van der Waals surface area contributed by atoms with E-state index in [-0.39, 0.29) is 17.8 Å². The average Bonchev–Trinajstić information content (AvgIpc) is 3.25. The van der Waals surface area contributed by atoms with Crippen molar-refractivity contribution < 1.29 is 8.78 Å². The number of hydrogen-bond acceptors (Lipinski definition) is 8. The number of nitrogens with zero attached hydrogens (tertiary/aromatic N) is 7. The molecule has 0 amide bonds. The third-order valence-corrected chi connectivity index (χ3v) is 6.12. The molecule has 3 aromatic heterocycles. The van der Waals surface area contributed by atoms with E-state index in [1.54, 1.807) is 12.5 Å². The highest BCUT2D eigenvalue weighted by molar-refractivity contribution is 5.81. The monoisotopic (exact) mass is 461 g/mol. The van der Waals surface area contributed by atoms with Crippen LogP contribution < -0.4 is 16.4 Å². The highest BCUT2D eigenvalue weighted by Crippen LogP contribution is 2.30. The molecule has 0 saturated carbocycles. The van der Waals surface area contributed by atoms with Gasteiger partial charge in [-0.15, -0.1) is 0 Å². The van der Waals surface area contributed by atoms with E-state index in [2.05, 4.69) is 30.9 Å². The summed E-state index contributed by atoms with van der Waals surface area (Å²) in [5, 5.41) is 9.32. The fraction of sp³-hybridized carbons (Fsp3) is 0.261. The van der Waals surface area contributed by atoms with E-state index in [0.29, 0.717) is 48.5 Å². The molecule has 0 bridgehead atoms. The number of anilines is 2. The molecule has 2 unspecified atom stereocenters. The second-order valence-corrected chi connectivity index (χ2v) is 8.26. The Bertz CT molecular complexity index is 1410. The molecular formula is C23H21F2N9. The van der Waals surface area contributed by atoms with E-state index < -0.39 is 11.6 Å². The summed E-state index contributed by atoms with van der Waals surface area (Å²) in [6.45, 7) is 1.51. The van der Waals surface area contributed by atoms with E-state index in [4.69, 9.17) is 11.5 Å². The molecule has 0 radical (unpaired) electrons. The molecule has 11 heteroatoms. The van der Waals surface area contributed by atoms with Gasteiger partial charge in [-0.3, -0.25) is 4.98 Å². The lowest BCUT2D eigenvalue weighted by atomic mass is 9.93. The van der Waals surface area contributed by atoms with Crippen LogP contribution in [0.5, 0.6) is 0 Å². The SMILES string of the molecule is N#CC1CCN(c2cnc(-c3ccc(F)c(F)c3)cc2Cn2cnc3c(N)ncnc32)CC1N. The number of imidazole rings is 1. The standard InChI is InChI=1S/C23H21F2N9/c24-16-2-1-13(5-17(16)25)19-6-15(9-34-12-32-21-22(28)30-11-31-23(21)34)20(8-29-19)33-4-3-14(7-26)18(27)10-33/h1-2,5-6,8,11-12,14,18H,3-4,9-10,27H2,(H2,28,30,31). The molecule has 172 valence electrons. The molecule has 4 aromatic rings. The Morgan fingerprint density at radius 1 is 1.12 bits per heavy atom. The van der Waals surface area contributed by atoms with Crippen molar-refractivity contribution in [2.75, 3.05) is 23.7 Å². The van der Waals surface area contributed by atoms with Gasteiger partial charge in [-0.2, -0.15) is 5.26 Å². The van der Waals surface area contributed by atoms with Crippen LogP contribution in [0.25, 0.3) is 22.4 Å². The molecule has 1 aliphatic heterocycles. The molecule has 9 nitrogen and oxygen atoms in total. The lowest BCUT2D eigenvalue weighted by Crippen LogP contribution is -2.48. The van der Waals surface area contributed by atoms with Crippen LogP contribution in [0.4, 0.5) is 20.3 Å². The van der Waals surface area contributed by atoms with E-state index in [1.807, 2.05) is 10.6 Å². The highest BCUT2D eigenvalue weighted by atomic mass is 19.2. The fourth-order valence-corrected chi connectivity index (χ4v) is 4.27. The number of piperidine rings is 1. The Labute approximate surface area is 193 Å². The molecule has 4 N–H and O–H groups in total. The van der Waals surface area contributed by atoms with Crippen LogP contribution in [-0.2, 0) is 6.54 Å². The average molecular weight is 461 g/mol. The third kappa shape index (κ3) is 3.88. The van der Waals surface area contributed by atoms with Crippen LogP contribution in [-0.4, -0.2) is 43.6 Å². The third-order valence-electron chi connectivity index (χ3n) is 6.12. The number of rotatable bonds is 4. The molecule has 1 aliphatic rings. The van der Waals surface area contributed by atoms with Gasteiger partial charge in [0.05, 0.1) is 42.4 Å². The van der Waals surface area contributed by atoms with Crippen LogP contribution in [0, 0.1) is 28.9 Å². The molecule has 4 heterocycles. The number of fused-ring (bicyclic) bond motifs is 1. The molecule has 5 rings (SSSR count). The predicted octanol–water partition coefficient (Wildman–Crippen LogP) is 2.47. The minimum atomic E-state index is -0.942. The zero-order valence-electron chi connectivity index (χ0n) is 18.1. The zero-order valence-corrected chi connectivity index (χ0v) is 18.1. The van der Waals surface area contributed by atoms with Gasteiger partial charge in [0, 0.05) is 24.7 Å². The summed E-state index contributed by atoms with van der Waals surface area (Å²) in [6.07, 6.45) is 5.35.